The predicted molar refractivity (Wildman–Crippen MR) is 303 cm³/mol. The molecule has 15 nitrogen and oxygen atoms in total. The molecule has 2 spiro atoms. The van der Waals surface area contributed by atoms with E-state index in [0.29, 0.717) is 12.8 Å². The van der Waals surface area contributed by atoms with Gasteiger partial charge in [0.1, 0.15) is 6.29 Å². The maximum absolute atomic E-state index is 12.4. The fourth-order valence-corrected chi connectivity index (χ4v) is 11.5. The minimum atomic E-state index is -0.639. The molecule has 3 radical (unpaired) electrons. The number of fused-ring (bicyclic) bond motifs is 10. The molecule has 2 aromatic heterocycles. The number of aromatic nitrogens is 2. The molecular formula is C62H67BN6NaO9. The van der Waals surface area contributed by atoms with E-state index in [2.05, 4.69) is 157 Å². The molecule has 2 saturated heterocycles. The molecule has 6 heterocycles. The number of piperidine rings is 2. The second-order valence-corrected chi connectivity index (χ2v) is 20.0. The molecule has 4 aliphatic rings. The van der Waals surface area contributed by atoms with Crippen molar-refractivity contribution in [1.29, 1.82) is 0 Å². The fraction of sp³-hybridized carbons (Fsp3) is 0.323. The second-order valence-electron chi connectivity index (χ2n) is 20.0. The first-order valence-corrected chi connectivity index (χ1v) is 26.6. The number of carbonyl (C=O) groups excluding carboxylic acids is 6. The molecule has 0 atom stereocenters. The first-order valence-electron chi connectivity index (χ1n) is 26.6. The van der Waals surface area contributed by atoms with Gasteiger partial charge in [-0.15, -0.1) is 0 Å². The Morgan fingerprint density at radius 3 is 1.47 bits per heavy atom. The van der Waals surface area contributed by atoms with Crippen LogP contribution in [0.15, 0.2) is 133 Å². The van der Waals surface area contributed by atoms with Crippen molar-refractivity contribution in [1.82, 2.24) is 30.0 Å². The van der Waals surface area contributed by atoms with Crippen molar-refractivity contribution in [2.24, 2.45) is 0 Å². The molecular weight excluding hydrogens is 1010 g/mol. The Morgan fingerprint density at radius 1 is 0.570 bits per heavy atom. The van der Waals surface area contributed by atoms with Crippen LogP contribution < -0.4 is 45.5 Å². The van der Waals surface area contributed by atoms with Gasteiger partial charge in [0.15, 0.2) is 0 Å². The normalized spacial score (nSPS) is 15.6. The molecule has 8 aromatic rings. The largest absolute Gasteiger partial charge is 1.00 e. The SMILES string of the molecule is CC(=O)OOC(C)=O.CCn1c2ccccc2c2cc(C=O)ccc21.CCn1c2ccccc2c2cc(CN3CCC4(CC3)NC(=O)Cc3ccccc34)ccc21.O=C1Cc2ccccc2C2(CCNCC2)N1.[B-]OC(C)=O.[Na+]. The minimum Gasteiger partial charge on any atom is -0.793 e. The Morgan fingerprint density at radius 2 is 1.00 bits per heavy atom. The van der Waals surface area contributed by atoms with E-state index in [1.165, 1.54) is 73.0 Å². The first kappa shape index (κ1) is 59.6. The Hall–Kier alpha value is -7.08. The molecule has 403 valence electrons. The van der Waals surface area contributed by atoms with Crippen LogP contribution in [0.3, 0.4) is 0 Å². The van der Waals surface area contributed by atoms with Gasteiger partial charge in [-0.25, -0.2) is 19.4 Å². The summed E-state index contributed by atoms with van der Waals surface area (Å²) in [7, 11) is 4.32. The summed E-state index contributed by atoms with van der Waals surface area (Å²) in [5, 5.41) is 15.0. The zero-order valence-corrected chi connectivity index (χ0v) is 48.1. The van der Waals surface area contributed by atoms with Crippen molar-refractivity contribution in [2.45, 2.75) is 104 Å². The average molecular weight is 1070 g/mol. The van der Waals surface area contributed by atoms with E-state index < -0.39 is 17.9 Å². The van der Waals surface area contributed by atoms with E-state index in [1.54, 1.807) is 0 Å². The first-order chi connectivity index (χ1) is 37.7. The van der Waals surface area contributed by atoms with Gasteiger partial charge in [-0.3, -0.25) is 24.1 Å². The van der Waals surface area contributed by atoms with Gasteiger partial charge >= 0.3 is 41.5 Å². The second kappa shape index (κ2) is 27.2. The minimum absolute atomic E-state index is 0. The summed E-state index contributed by atoms with van der Waals surface area (Å²) in [5.41, 5.74) is 11.9. The van der Waals surface area contributed by atoms with Gasteiger partial charge in [-0.2, -0.15) is 0 Å². The van der Waals surface area contributed by atoms with Crippen molar-refractivity contribution in [3.8, 4) is 0 Å². The summed E-state index contributed by atoms with van der Waals surface area (Å²) in [5.74, 6) is -1.42. The quantitative estimate of drug-likeness (QED) is 0.0773. The number of hydrogen-bond acceptors (Lipinski definition) is 11. The number of aryl methyl sites for hydroxylation is 2. The van der Waals surface area contributed by atoms with Gasteiger partial charge in [0.2, 0.25) is 17.8 Å². The molecule has 2 fully saturated rings. The van der Waals surface area contributed by atoms with E-state index in [0.717, 1.165) is 103 Å². The predicted octanol–water partition coefficient (Wildman–Crippen LogP) is 6.21. The van der Waals surface area contributed by atoms with Crippen molar-refractivity contribution < 1.29 is 72.8 Å². The van der Waals surface area contributed by atoms with Gasteiger partial charge in [-0.05, 0) is 123 Å². The zero-order valence-electron chi connectivity index (χ0n) is 46.1. The number of nitrogens with one attached hydrogen (secondary N) is 3. The Balaban J connectivity index is 0.000000163. The van der Waals surface area contributed by atoms with Crippen LogP contribution in [0.4, 0.5) is 0 Å². The third-order valence-corrected chi connectivity index (χ3v) is 14.9. The summed E-state index contributed by atoms with van der Waals surface area (Å²) in [6.07, 6.45) is 5.86. The zero-order chi connectivity index (χ0) is 55.4. The molecule has 79 heavy (non-hydrogen) atoms. The van der Waals surface area contributed by atoms with Crippen LogP contribution in [0.1, 0.15) is 98.5 Å². The number of para-hydroxylation sites is 2. The van der Waals surface area contributed by atoms with Crippen molar-refractivity contribution >= 4 is 87.7 Å². The summed E-state index contributed by atoms with van der Waals surface area (Å²) in [6, 6.07) is 46.7. The van der Waals surface area contributed by atoms with E-state index in [4.69, 9.17) is 0 Å². The van der Waals surface area contributed by atoms with Crippen LogP contribution in [0.5, 0.6) is 0 Å². The molecule has 3 N–H and O–H groups in total. The summed E-state index contributed by atoms with van der Waals surface area (Å²) >= 11 is 0. The van der Waals surface area contributed by atoms with Gasteiger partial charge in [0.25, 0.3) is 0 Å². The third kappa shape index (κ3) is 13.9. The third-order valence-electron chi connectivity index (χ3n) is 14.9. The van der Waals surface area contributed by atoms with E-state index in [-0.39, 0.29) is 52.4 Å². The average Bonchev–Trinajstić information content (AvgIpc) is 4.05. The number of nitrogens with zero attached hydrogens (tertiary/aromatic N) is 3. The molecule has 2 amide bonds. The van der Waals surface area contributed by atoms with Crippen LogP contribution in [-0.2, 0) is 82.0 Å². The maximum Gasteiger partial charge on any atom is 1.00 e. The van der Waals surface area contributed by atoms with Crippen LogP contribution in [0.2, 0.25) is 0 Å². The van der Waals surface area contributed by atoms with Gasteiger partial charge in [0.05, 0.1) is 23.9 Å². The van der Waals surface area contributed by atoms with Gasteiger partial charge in [0, 0.05) is 103 Å². The maximum atomic E-state index is 12.4. The Labute approximate surface area is 484 Å². The van der Waals surface area contributed by atoms with Crippen LogP contribution in [0, 0.1) is 0 Å². The number of carbonyl (C=O) groups is 6. The number of likely N-dealkylation sites (tertiary alicyclic amines) is 1. The molecule has 0 unspecified atom stereocenters. The number of aldehydes is 1. The summed E-state index contributed by atoms with van der Waals surface area (Å²) < 4.78 is 8.29. The van der Waals surface area contributed by atoms with Crippen molar-refractivity contribution in [2.75, 3.05) is 26.2 Å². The summed E-state index contributed by atoms with van der Waals surface area (Å²) in [6.45, 7) is 14.7. The van der Waals surface area contributed by atoms with Crippen LogP contribution in [0.25, 0.3) is 43.6 Å². The standard InChI is InChI=1S/C28H29N3O.C15H13NO.C13H16N2O.C4H6O4.C2H3BO2.Na/c1-2-31-25-10-6-4-8-22(25)23-17-20(11-12-26(23)31)19-30-15-13-28(14-16-30)24-9-5-3-7-21(24)18-27(32)29-28;1-2-16-14-6-4-3-5-12(14)13-9-11(10-17)7-8-15(13)16;16-12-9-10-3-1-2-4-11(10)13(15-12)5-7-14-8-6-13;1-3(5)7-8-4(2)6;1-2(4)5-3;/h3-12,17H,2,13-16,18-19H2,1H3,(H,29,32);3-10H,2H2,1H3;1-4,14H,5-9H2,(H,15,16);1-2H3;1H3;/q;;;;-1;+1. The van der Waals surface area contributed by atoms with E-state index in [1.807, 2.05) is 42.5 Å². The van der Waals surface area contributed by atoms with Crippen LogP contribution >= 0.6 is 0 Å². The number of amides is 2. The van der Waals surface area contributed by atoms with E-state index in [9.17, 15) is 28.8 Å². The molecule has 4 aliphatic heterocycles. The topological polar surface area (TPSA) is 179 Å². The number of benzene rings is 6. The monoisotopic (exact) mass is 1070 g/mol. The van der Waals surface area contributed by atoms with Crippen molar-refractivity contribution in [3.05, 3.63) is 167 Å². The molecule has 17 heteroatoms. The Bertz CT molecular complexity index is 3470. The van der Waals surface area contributed by atoms with Gasteiger partial charge in [-0.1, -0.05) is 91.0 Å². The fourth-order valence-electron chi connectivity index (χ4n) is 11.5. The number of hydrogen-bond donors (Lipinski definition) is 3. The number of rotatable bonds is 5. The molecule has 0 aliphatic carbocycles. The molecule has 0 bridgehead atoms. The molecule has 0 saturated carbocycles. The van der Waals surface area contributed by atoms with Crippen molar-refractivity contribution in [3.63, 3.8) is 0 Å². The molecule has 12 rings (SSSR count). The van der Waals surface area contributed by atoms with Crippen LogP contribution in [-0.4, -0.2) is 84.3 Å². The smallest absolute Gasteiger partial charge is 0.793 e. The van der Waals surface area contributed by atoms with Gasteiger partial charge < -0.3 is 37.8 Å². The Kier molecular flexibility index (Phi) is 20.5. The molecule has 6 aromatic carbocycles. The van der Waals surface area contributed by atoms with E-state index >= 15 is 0 Å². The summed E-state index contributed by atoms with van der Waals surface area (Å²) in [4.78, 5) is 74.4.